The molecule has 0 aliphatic carbocycles. The van der Waals surface area contributed by atoms with Crippen molar-refractivity contribution in [3.05, 3.63) is 91.0 Å². The topological polar surface area (TPSA) is 43.4 Å². The van der Waals surface area contributed by atoms with Crippen molar-refractivity contribution >= 4 is 20.4 Å². The Bertz CT molecular complexity index is 881. The highest BCUT2D eigenvalue weighted by molar-refractivity contribution is 8.33. The summed E-state index contributed by atoms with van der Waals surface area (Å²) in [5.74, 6) is 0. The highest BCUT2D eigenvalue weighted by Crippen LogP contribution is 2.70. The van der Waals surface area contributed by atoms with Gasteiger partial charge in [-0.25, -0.2) is 8.02 Å². The minimum atomic E-state index is -4.45. The maximum Gasteiger partial charge on any atom is 0.310 e. The third-order valence-electron chi connectivity index (χ3n) is 4.25. The summed E-state index contributed by atoms with van der Waals surface area (Å²) in [6, 6.07) is 27.5. The molecule has 1 atom stereocenters. The number of rotatable bonds is 8. The molecule has 0 radical (unpaired) electrons. The Labute approximate surface area is 167 Å². The molecule has 0 N–H and O–H groups in total. The van der Waals surface area contributed by atoms with E-state index < -0.39 is 25.9 Å². The summed E-state index contributed by atoms with van der Waals surface area (Å²) in [5, 5.41) is 0. The zero-order valence-corrected chi connectivity index (χ0v) is 17.2. The van der Waals surface area contributed by atoms with Gasteiger partial charge >= 0.3 is 10.1 Å². The Morgan fingerprint density at radius 2 is 1.11 bits per heavy atom. The van der Waals surface area contributed by atoms with Crippen LogP contribution >= 0.6 is 10.3 Å². The molecule has 3 aromatic carbocycles. The maximum absolute atomic E-state index is 14.6. The second-order valence-corrected chi connectivity index (χ2v) is 10.8. The summed E-state index contributed by atoms with van der Waals surface area (Å²) in [7, 11) is -7.14. The second kappa shape index (κ2) is 8.90. The number of halogens is 1. The molecule has 3 rings (SSSR count). The summed E-state index contributed by atoms with van der Waals surface area (Å²) in [4.78, 5) is 2.08. The predicted octanol–water partition coefficient (Wildman–Crippen LogP) is 6.33. The fourth-order valence-electron chi connectivity index (χ4n) is 2.92. The molecule has 3 nitrogen and oxygen atoms in total. The van der Waals surface area contributed by atoms with Gasteiger partial charge in [0.2, 0.25) is 5.50 Å². The molecule has 0 bridgehead atoms. The van der Waals surface area contributed by atoms with Gasteiger partial charge in [0.15, 0.2) is 0 Å². The standard InChI is InChI=1S/C22H23FO3S2/c1-2-12-22(23)28(24,25)26-27(19-13-6-3-7-14-19,20-15-8-4-9-16-20)21-17-10-5-11-18-21/h3-11,13-18,22H,2,12H2,1H3. The third-order valence-corrected chi connectivity index (χ3v) is 9.50. The average Bonchev–Trinajstić information content (AvgIpc) is 2.74. The van der Waals surface area contributed by atoms with E-state index in [1.54, 1.807) is 6.92 Å². The van der Waals surface area contributed by atoms with Gasteiger partial charge in [0.1, 0.15) is 0 Å². The molecule has 0 aliphatic heterocycles. The van der Waals surface area contributed by atoms with Crippen molar-refractivity contribution in [2.75, 3.05) is 0 Å². The average molecular weight is 419 g/mol. The van der Waals surface area contributed by atoms with E-state index in [9.17, 15) is 12.8 Å². The van der Waals surface area contributed by atoms with Crippen LogP contribution < -0.4 is 0 Å². The van der Waals surface area contributed by atoms with Crippen molar-refractivity contribution in [1.29, 1.82) is 0 Å². The first-order valence-corrected chi connectivity index (χ1v) is 12.1. The molecule has 0 saturated carbocycles. The first kappa shape index (κ1) is 20.6. The molecule has 0 fully saturated rings. The predicted molar refractivity (Wildman–Crippen MR) is 112 cm³/mol. The molecule has 0 aromatic heterocycles. The van der Waals surface area contributed by atoms with Gasteiger partial charge in [0.05, 0.1) is 0 Å². The number of alkyl halides is 1. The summed E-state index contributed by atoms with van der Waals surface area (Å²) in [6.45, 7) is 1.74. The lowest BCUT2D eigenvalue weighted by Crippen LogP contribution is -2.22. The van der Waals surface area contributed by atoms with Crippen LogP contribution in [0.2, 0.25) is 0 Å². The quantitative estimate of drug-likeness (QED) is 0.429. The molecule has 0 spiro atoms. The summed E-state index contributed by atoms with van der Waals surface area (Å²) < 4.78 is 46.2. The molecule has 148 valence electrons. The Hall–Kier alpha value is -2.15. The van der Waals surface area contributed by atoms with E-state index in [2.05, 4.69) is 0 Å². The maximum atomic E-state index is 14.6. The Kier molecular flexibility index (Phi) is 6.54. The monoisotopic (exact) mass is 418 g/mol. The van der Waals surface area contributed by atoms with Gasteiger partial charge in [-0.3, -0.25) is 0 Å². The van der Waals surface area contributed by atoms with Crippen LogP contribution in [0.4, 0.5) is 4.39 Å². The number of benzene rings is 3. The van der Waals surface area contributed by atoms with Crippen LogP contribution in [0.5, 0.6) is 0 Å². The smallest absolute Gasteiger partial charge is 0.227 e. The number of hydrogen-bond donors (Lipinski definition) is 0. The van der Waals surface area contributed by atoms with Crippen LogP contribution in [0.3, 0.4) is 0 Å². The van der Waals surface area contributed by atoms with Gasteiger partial charge in [-0.2, -0.15) is 8.42 Å². The van der Waals surface area contributed by atoms with E-state index in [4.69, 9.17) is 3.63 Å². The van der Waals surface area contributed by atoms with Gasteiger partial charge in [0.25, 0.3) is 0 Å². The molecule has 0 aliphatic rings. The first-order chi connectivity index (χ1) is 13.5. The van der Waals surface area contributed by atoms with Crippen LogP contribution in [-0.2, 0) is 13.7 Å². The minimum Gasteiger partial charge on any atom is -0.227 e. The molecule has 6 heteroatoms. The van der Waals surface area contributed by atoms with Gasteiger partial charge in [-0.05, 0) is 53.1 Å². The SMILES string of the molecule is CCCC(F)S(=O)(=O)OS(c1ccccc1)(c1ccccc1)c1ccccc1. The normalized spacial score (nSPS) is 13.8. The highest BCUT2D eigenvalue weighted by Gasteiger charge is 2.40. The van der Waals surface area contributed by atoms with Crippen LogP contribution in [-0.4, -0.2) is 13.9 Å². The minimum absolute atomic E-state index is 0.101. The lowest BCUT2D eigenvalue weighted by atomic mass is 10.4. The van der Waals surface area contributed by atoms with E-state index in [1.165, 1.54) is 0 Å². The zero-order valence-electron chi connectivity index (χ0n) is 15.6. The summed E-state index contributed by atoms with van der Waals surface area (Å²) in [6.07, 6.45) is 0.310. The van der Waals surface area contributed by atoms with E-state index in [-0.39, 0.29) is 6.42 Å². The van der Waals surface area contributed by atoms with Crippen LogP contribution in [0.15, 0.2) is 106 Å². The molecule has 28 heavy (non-hydrogen) atoms. The number of hydrogen-bond acceptors (Lipinski definition) is 3. The van der Waals surface area contributed by atoms with Gasteiger partial charge in [-0.15, -0.1) is 0 Å². The van der Waals surface area contributed by atoms with Crippen molar-refractivity contribution in [1.82, 2.24) is 0 Å². The van der Waals surface area contributed by atoms with E-state index in [1.807, 2.05) is 91.0 Å². The van der Waals surface area contributed by atoms with Crippen LogP contribution in [0.1, 0.15) is 19.8 Å². The lowest BCUT2D eigenvalue weighted by Gasteiger charge is -2.39. The second-order valence-electron chi connectivity index (χ2n) is 6.25. The largest absolute Gasteiger partial charge is 0.310 e. The molecule has 3 aromatic rings. The molecule has 0 heterocycles. The first-order valence-electron chi connectivity index (χ1n) is 9.08. The highest BCUT2D eigenvalue weighted by atomic mass is 32.3. The van der Waals surface area contributed by atoms with E-state index in [0.29, 0.717) is 21.1 Å². The summed E-state index contributed by atoms with van der Waals surface area (Å²) >= 11 is 0. The Morgan fingerprint density at radius 3 is 1.43 bits per heavy atom. The lowest BCUT2D eigenvalue weighted by molar-refractivity contribution is 0.366. The van der Waals surface area contributed by atoms with Gasteiger partial charge < -0.3 is 0 Å². The Balaban J connectivity index is 2.29. The van der Waals surface area contributed by atoms with Crippen molar-refractivity contribution < 1.29 is 16.4 Å². The fraction of sp³-hybridized carbons (Fsp3) is 0.182. The van der Waals surface area contributed by atoms with Crippen LogP contribution in [0.25, 0.3) is 0 Å². The fourth-order valence-corrected chi connectivity index (χ4v) is 8.30. The van der Waals surface area contributed by atoms with E-state index in [0.717, 1.165) is 0 Å². The van der Waals surface area contributed by atoms with Crippen LogP contribution in [0, 0.1) is 0 Å². The van der Waals surface area contributed by atoms with Crippen molar-refractivity contribution in [3.8, 4) is 0 Å². The molecule has 0 amide bonds. The molecule has 1 unspecified atom stereocenters. The molecule has 0 saturated heterocycles. The third kappa shape index (κ3) is 4.14. The van der Waals surface area contributed by atoms with Crippen molar-refractivity contribution in [3.63, 3.8) is 0 Å². The van der Waals surface area contributed by atoms with Crippen molar-refractivity contribution in [2.45, 2.75) is 40.0 Å². The zero-order chi connectivity index (χ0) is 20.0. The summed E-state index contributed by atoms with van der Waals surface area (Å²) in [5.41, 5.74) is -2.07. The van der Waals surface area contributed by atoms with E-state index >= 15 is 0 Å². The van der Waals surface area contributed by atoms with Crippen molar-refractivity contribution in [2.24, 2.45) is 0 Å². The van der Waals surface area contributed by atoms with Gasteiger partial charge in [-0.1, -0.05) is 67.9 Å². The van der Waals surface area contributed by atoms with Gasteiger partial charge in [0, 0.05) is 14.7 Å². The molecular formula is C22H23FO3S2. The Morgan fingerprint density at radius 1 is 0.750 bits per heavy atom. The molecular weight excluding hydrogens is 395 g/mol.